The van der Waals surface area contributed by atoms with Crippen molar-refractivity contribution in [3.63, 3.8) is 0 Å². The zero-order valence-electron chi connectivity index (χ0n) is 8.60. The Labute approximate surface area is 93.5 Å². The zero-order chi connectivity index (χ0) is 10.8. The SMILES string of the molecule is CC1CCSC(c2ccc(O)c(O)c2)N1. The standard InChI is InChI=1S/C11H15NO2S/c1-7-4-5-15-11(12-7)8-2-3-9(13)10(14)6-8/h2-3,6-7,11-14H,4-5H2,1H3. The molecule has 0 spiro atoms. The van der Waals surface area contributed by atoms with E-state index < -0.39 is 0 Å². The van der Waals surface area contributed by atoms with Gasteiger partial charge in [0.1, 0.15) is 0 Å². The second kappa shape index (κ2) is 4.33. The highest BCUT2D eigenvalue weighted by molar-refractivity contribution is 7.99. The smallest absolute Gasteiger partial charge is 0.157 e. The van der Waals surface area contributed by atoms with Gasteiger partial charge < -0.3 is 10.2 Å². The van der Waals surface area contributed by atoms with Gasteiger partial charge in [-0.05, 0) is 36.8 Å². The fourth-order valence-electron chi connectivity index (χ4n) is 1.65. The third-order valence-corrected chi connectivity index (χ3v) is 3.79. The lowest BCUT2D eigenvalue weighted by atomic mass is 10.1. The fraction of sp³-hybridized carbons (Fsp3) is 0.455. The van der Waals surface area contributed by atoms with Crippen LogP contribution in [0.3, 0.4) is 0 Å². The summed E-state index contributed by atoms with van der Waals surface area (Å²) in [6, 6.07) is 5.51. The van der Waals surface area contributed by atoms with Crippen molar-refractivity contribution in [2.45, 2.75) is 24.8 Å². The summed E-state index contributed by atoms with van der Waals surface area (Å²) in [6.45, 7) is 2.16. The van der Waals surface area contributed by atoms with Gasteiger partial charge in [0.25, 0.3) is 0 Å². The summed E-state index contributed by atoms with van der Waals surface area (Å²) < 4.78 is 0. The highest BCUT2D eigenvalue weighted by atomic mass is 32.2. The Hall–Kier alpha value is -0.870. The van der Waals surface area contributed by atoms with Crippen molar-refractivity contribution in [3.8, 4) is 11.5 Å². The van der Waals surface area contributed by atoms with Crippen molar-refractivity contribution in [1.29, 1.82) is 0 Å². The van der Waals surface area contributed by atoms with Crippen LogP contribution in [0.15, 0.2) is 18.2 Å². The lowest BCUT2D eigenvalue weighted by molar-refractivity contribution is 0.402. The van der Waals surface area contributed by atoms with Crippen LogP contribution >= 0.6 is 11.8 Å². The summed E-state index contributed by atoms with van der Waals surface area (Å²) in [5.74, 6) is 1.02. The fourth-order valence-corrected chi connectivity index (χ4v) is 3.04. The Kier molecular flexibility index (Phi) is 3.07. The maximum Gasteiger partial charge on any atom is 0.157 e. The molecule has 0 amide bonds. The van der Waals surface area contributed by atoms with Crippen LogP contribution in [0.5, 0.6) is 11.5 Å². The summed E-state index contributed by atoms with van der Waals surface area (Å²) in [6.07, 6.45) is 1.17. The molecule has 4 heteroatoms. The Morgan fingerprint density at radius 1 is 1.33 bits per heavy atom. The Morgan fingerprint density at radius 2 is 2.13 bits per heavy atom. The molecule has 2 atom stereocenters. The number of nitrogens with one attached hydrogen (secondary N) is 1. The van der Waals surface area contributed by atoms with Crippen LogP contribution < -0.4 is 5.32 Å². The molecule has 15 heavy (non-hydrogen) atoms. The molecule has 1 aromatic rings. The molecule has 1 heterocycles. The Morgan fingerprint density at radius 3 is 2.80 bits per heavy atom. The van der Waals surface area contributed by atoms with Gasteiger partial charge in [-0.15, -0.1) is 11.8 Å². The summed E-state index contributed by atoms with van der Waals surface area (Å²) >= 11 is 1.83. The monoisotopic (exact) mass is 225 g/mol. The van der Waals surface area contributed by atoms with E-state index in [1.165, 1.54) is 12.5 Å². The van der Waals surface area contributed by atoms with Gasteiger partial charge in [0, 0.05) is 6.04 Å². The average molecular weight is 225 g/mol. The largest absolute Gasteiger partial charge is 0.504 e. The topological polar surface area (TPSA) is 52.5 Å². The minimum atomic E-state index is -0.0624. The molecular weight excluding hydrogens is 210 g/mol. The number of rotatable bonds is 1. The molecule has 1 fully saturated rings. The van der Waals surface area contributed by atoms with Gasteiger partial charge in [-0.3, -0.25) is 5.32 Å². The van der Waals surface area contributed by atoms with Crippen molar-refractivity contribution in [3.05, 3.63) is 23.8 Å². The second-order valence-corrected chi connectivity index (χ2v) is 5.07. The first kappa shape index (κ1) is 10.6. The number of phenolic OH excluding ortho intramolecular Hbond substituents is 2. The van der Waals surface area contributed by atoms with Crippen LogP contribution in [-0.2, 0) is 0 Å². The predicted octanol–water partition coefficient (Wildman–Crippen LogP) is 2.21. The van der Waals surface area contributed by atoms with E-state index in [1.807, 2.05) is 17.8 Å². The molecule has 0 aliphatic carbocycles. The van der Waals surface area contributed by atoms with Gasteiger partial charge in [0.2, 0.25) is 0 Å². The van der Waals surface area contributed by atoms with Crippen LogP contribution in [-0.4, -0.2) is 22.0 Å². The molecule has 0 bridgehead atoms. The zero-order valence-corrected chi connectivity index (χ0v) is 9.42. The number of hydrogen-bond donors (Lipinski definition) is 3. The summed E-state index contributed by atoms with van der Waals surface area (Å²) in [7, 11) is 0. The molecule has 0 aromatic heterocycles. The van der Waals surface area contributed by atoms with Crippen molar-refractivity contribution in [1.82, 2.24) is 5.32 Å². The predicted molar refractivity (Wildman–Crippen MR) is 62.2 cm³/mol. The highest BCUT2D eigenvalue weighted by Gasteiger charge is 2.20. The van der Waals surface area contributed by atoms with Gasteiger partial charge in [0.05, 0.1) is 5.37 Å². The van der Waals surface area contributed by atoms with Crippen LogP contribution in [0.25, 0.3) is 0 Å². The quantitative estimate of drug-likeness (QED) is 0.641. The first-order valence-corrected chi connectivity index (χ1v) is 6.11. The normalized spacial score (nSPS) is 26.5. The van der Waals surface area contributed by atoms with E-state index in [-0.39, 0.29) is 16.9 Å². The molecule has 2 unspecified atom stereocenters. The van der Waals surface area contributed by atoms with E-state index in [0.717, 1.165) is 11.3 Å². The van der Waals surface area contributed by atoms with E-state index in [2.05, 4.69) is 12.2 Å². The number of benzene rings is 1. The number of thioether (sulfide) groups is 1. The molecule has 2 rings (SSSR count). The lowest BCUT2D eigenvalue weighted by Crippen LogP contribution is -2.33. The number of phenols is 2. The van der Waals surface area contributed by atoms with Crippen LogP contribution in [0, 0.1) is 0 Å². The van der Waals surface area contributed by atoms with E-state index in [0.29, 0.717) is 6.04 Å². The molecule has 82 valence electrons. The van der Waals surface area contributed by atoms with Gasteiger partial charge in [-0.1, -0.05) is 6.07 Å². The minimum absolute atomic E-state index is 0.0480. The summed E-state index contributed by atoms with van der Waals surface area (Å²) in [5, 5.41) is 22.3. The first-order valence-electron chi connectivity index (χ1n) is 5.06. The van der Waals surface area contributed by atoms with E-state index in [1.54, 1.807) is 6.07 Å². The highest BCUT2D eigenvalue weighted by Crippen LogP contribution is 2.35. The molecule has 3 nitrogen and oxygen atoms in total. The van der Waals surface area contributed by atoms with Crippen molar-refractivity contribution < 1.29 is 10.2 Å². The third kappa shape index (κ3) is 2.38. The first-order chi connectivity index (χ1) is 7.16. The van der Waals surface area contributed by atoms with Gasteiger partial charge in [-0.25, -0.2) is 0 Å². The van der Waals surface area contributed by atoms with Crippen molar-refractivity contribution in [2.75, 3.05) is 5.75 Å². The number of aromatic hydroxyl groups is 2. The van der Waals surface area contributed by atoms with Gasteiger partial charge in [-0.2, -0.15) is 0 Å². The molecule has 1 saturated heterocycles. The third-order valence-electron chi connectivity index (χ3n) is 2.57. The van der Waals surface area contributed by atoms with E-state index in [9.17, 15) is 10.2 Å². The molecule has 3 N–H and O–H groups in total. The van der Waals surface area contributed by atoms with Crippen LogP contribution in [0.1, 0.15) is 24.3 Å². The van der Waals surface area contributed by atoms with Gasteiger partial charge >= 0.3 is 0 Å². The number of hydrogen-bond acceptors (Lipinski definition) is 4. The van der Waals surface area contributed by atoms with E-state index >= 15 is 0 Å². The Balaban J connectivity index is 2.18. The maximum absolute atomic E-state index is 9.41. The van der Waals surface area contributed by atoms with Crippen molar-refractivity contribution >= 4 is 11.8 Å². The summed E-state index contributed by atoms with van der Waals surface area (Å²) in [4.78, 5) is 0. The summed E-state index contributed by atoms with van der Waals surface area (Å²) in [5.41, 5.74) is 1.02. The maximum atomic E-state index is 9.41. The second-order valence-electron chi connectivity index (χ2n) is 3.86. The van der Waals surface area contributed by atoms with E-state index in [4.69, 9.17) is 0 Å². The molecule has 0 radical (unpaired) electrons. The Bertz CT molecular complexity index is 356. The minimum Gasteiger partial charge on any atom is -0.504 e. The van der Waals surface area contributed by atoms with Crippen LogP contribution in [0.2, 0.25) is 0 Å². The van der Waals surface area contributed by atoms with Gasteiger partial charge in [0.15, 0.2) is 11.5 Å². The van der Waals surface area contributed by atoms with Crippen LogP contribution in [0.4, 0.5) is 0 Å². The average Bonchev–Trinajstić information content (AvgIpc) is 2.22. The van der Waals surface area contributed by atoms with Crippen molar-refractivity contribution in [2.24, 2.45) is 0 Å². The molecule has 1 aliphatic heterocycles. The molecule has 0 saturated carbocycles. The molecular formula is C11H15NO2S. The molecule has 1 aromatic carbocycles. The molecule has 1 aliphatic rings. The lowest BCUT2D eigenvalue weighted by Gasteiger charge is -2.28.